The van der Waals surface area contributed by atoms with E-state index in [1.165, 1.54) is 25.5 Å². The Bertz CT molecular complexity index is 1060. The molecule has 13 heteroatoms. The minimum atomic E-state index is -5.07. The van der Waals surface area contributed by atoms with E-state index in [9.17, 15) is 31.1 Å². The molecule has 2 aromatic heterocycles. The summed E-state index contributed by atoms with van der Waals surface area (Å²) in [5.41, 5.74) is -3.30. The van der Waals surface area contributed by atoms with Crippen LogP contribution >= 0.6 is 0 Å². The fourth-order valence-electron chi connectivity index (χ4n) is 2.69. The van der Waals surface area contributed by atoms with E-state index < -0.39 is 41.0 Å². The molecule has 0 saturated carbocycles. The van der Waals surface area contributed by atoms with Gasteiger partial charge in [0.25, 0.3) is 5.91 Å². The van der Waals surface area contributed by atoms with Gasteiger partial charge in [0.15, 0.2) is 5.82 Å². The third-order valence-electron chi connectivity index (χ3n) is 4.12. The number of rotatable bonds is 4. The van der Waals surface area contributed by atoms with Crippen LogP contribution in [-0.4, -0.2) is 30.9 Å². The van der Waals surface area contributed by atoms with Crippen LogP contribution in [0.5, 0.6) is 0 Å². The van der Waals surface area contributed by atoms with Crippen LogP contribution in [0.25, 0.3) is 5.82 Å². The maximum Gasteiger partial charge on any atom is 0.416 e. The van der Waals surface area contributed by atoms with Crippen molar-refractivity contribution in [3.63, 3.8) is 0 Å². The summed E-state index contributed by atoms with van der Waals surface area (Å²) < 4.78 is 78.2. The van der Waals surface area contributed by atoms with Crippen LogP contribution in [0.2, 0.25) is 0 Å². The minimum Gasteiger partial charge on any atom is -0.344 e. The Morgan fingerprint density at radius 3 is 2.06 bits per heavy atom. The van der Waals surface area contributed by atoms with Gasteiger partial charge in [-0.3, -0.25) is 9.78 Å². The number of amides is 1. The highest BCUT2D eigenvalue weighted by Gasteiger charge is 2.37. The lowest BCUT2D eigenvalue weighted by atomic mass is 10.0. The fourth-order valence-corrected chi connectivity index (χ4v) is 2.69. The Hall–Kier alpha value is -3.51. The molecule has 0 saturated heterocycles. The summed E-state index contributed by atoms with van der Waals surface area (Å²) in [4.78, 5) is 22.0. The van der Waals surface area contributed by atoms with Crippen molar-refractivity contribution in [3.05, 3.63) is 64.9 Å². The second-order valence-electron chi connectivity index (χ2n) is 6.53. The quantitative estimate of drug-likeness (QED) is 0.617. The van der Waals surface area contributed by atoms with E-state index in [4.69, 9.17) is 0 Å². The summed E-state index contributed by atoms with van der Waals surface area (Å²) in [5, 5.41) is 10.2. The molecule has 0 aliphatic rings. The van der Waals surface area contributed by atoms with Gasteiger partial charge in [0.1, 0.15) is 5.69 Å². The predicted octanol–water partition coefficient (Wildman–Crippen LogP) is 3.89. The van der Waals surface area contributed by atoms with E-state index in [1.54, 1.807) is 6.92 Å². The van der Waals surface area contributed by atoms with Crippen molar-refractivity contribution >= 4 is 5.91 Å². The number of aromatic nitrogens is 5. The lowest BCUT2D eigenvalue weighted by molar-refractivity contribution is -0.143. The van der Waals surface area contributed by atoms with Gasteiger partial charge in [-0.05, 0) is 32.0 Å². The normalized spacial score (nSPS) is 13.2. The summed E-state index contributed by atoms with van der Waals surface area (Å²) in [6.45, 7) is 3.09. The summed E-state index contributed by atoms with van der Waals surface area (Å²) >= 11 is 0. The summed E-state index contributed by atoms with van der Waals surface area (Å²) in [7, 11) is 0. The molecular formula is C18H14F6N6O. The summed E-state index contributed by atoms with van der Waals surface area (Å²) in [5.74, 6) is -0.997. The molecule has 0 spiro atoms. The first-order chi connectivity index (χ1) is 14.4. The lowest BCUT2D eigenvalue weighted by Gasteiger charge is -2.18. The first-order valence-electron chi connectivity index (χ1n) is 8.67. The van der Waals surface area contributed by atoms with Crippen molar-refractivity contribution in [1.82, 2.24) is 30.3 Å². The van der Waals surface area contributed by atoms with Crippen molar-refractivity contribution in [1.29, 1.82) is 0 Å². The van der Waals surface area contributed by atoms with Gasteiger partial charge in [0.2, 0.25) is 0 Å². The third kappa shape index (κ3) is 4.98. The first kappa shape index (κ1) is 22.2. The molecule has 1 aromatic carbocycles. The Morgan fingerprint density at radius 1 is 1.00 bits per heavy atom. The van der Waals surface area contributed by atoms with Crippen LogP contribution in [0, 0.1) is 6.92 Å². The van der Waals surface area contributed by atoms with Crippen LogP contribution in [0.4, 0.5) is 26.3 Å². The Balaban J connectivity index is 1.95. The maximum absolute atomic E-state index is 13.0. The molecule has 3 rings (SSSR count). The highest BCUT2D eigenvalue weighted by molar-refractivity contribution is 5.95. The highest BCUT2D eigenvalue weighted by atomic mass is 19.4. The van der Waals surface area contributed by atoms with Crippen molar-refractivity contribution < 1.29 is 31.1 Å². The number of nitrogens with one attached hydrogen (secondary N) is 1. The van der Waals surface area contributed by atoms with Crippen LogP contribution in [0.1, 0.15) is 45.8 Å². The number of carbonyl (C=O) groups is 1. The number of nitrogens with zero attached hydrogens (tertiary/aromatic N) is 5. The molecule has 7 nitrogen and oxygen atoms in total. The average Bonchev–Trinajstić information content (AvgIpc) is 3.20. The second kappa shape index (κ2) is 7.96. The minimum absolute atomic E-state index is 0.0485. The zero-order valence-electron chi connectivity index (χ0n) is 16.0. The first-order valence-corrected chi connectivity index (χ1v) is 8.67. The highest BCUT2D eigenvalue weighted by Crippen LogP contribution is 2.36. The zero-order valence-corrected chi connectivity index (χ0v) is 16.0. The Kier molecular flexibility index (Phi) is 5.70. The van der Waals surface area contributed by atoms with Crippen LogP contribution in [0.15, 0.2) is 36.8 Å². The molecule has 164 valence electrons. The molecule has 2 heterocycles. The van der Waals surface area contributed by atoms with Gasteiger partial charge >= 0.3 is 12.4 Å². The Morgan fingerprint density at radius 2 is 1.55 bits per heavy atom. The van der Waals surface area contributed by atoms with E-state index in [0.717, 1.165) is 4.80 Å². The summed E-state index contributed by atoms with van der Waals surface area (Å²) in [6, 6.07) is -0.277. The predicted molar refractivity (Wildman–Crippen MR) is 94.0 cm³/mol. The lowest BCUT2D eigenvalue weighted by Crippen LogP contribution is -2.29. The molecule has 0 radical (unpaired) electrons. The van der Waals surface area contributed by atoms with Gasteiger partial charge in [0, 0.05) is 11.8 Å². The number of benzene rings is 1. The van der Waals surface area contributed by atoms with Crippen molar-refractivity contribution in [2.45, 2.75) is 32.2 Å². The van der Waals surface area contributed by atoms with Crippen LogP contribution in [-0.2, 0) is 12.4 Å². The number of alkyl halides is 6. The molecule has 1 amide bonds. The summed E-state index contributed by atoms with van der Waals surface area (Å²) in [6.07, 6.45) is -6.00. The number of aryl methyl sites for hydroxylation is 1. The van der Waals surface area contributed by atoms with Crippen molar-refractivity contribution in [3.8, 4) is 5.82 Å². The number of carbonyl (C=O) groups excluding carboxylic acids is 1. The smallest absolute Gasteiger partial charge is 0.344 e. The zero-order chi connectivity index (χ0) is 23.0. The van der Waals surface area contributed by atoms with Crippen LogP contribution < -0.4 is 5.32 Å². The molecule has 1 unspecified atom stereocenters. The second-order valence-corrected chi connectivity index (χ2v) is 6.53. The SMILES string of the molecule is Cc1cnc(C(C)NC(=O)c2cc(C(F)(F)F)cc(C(F)(F)F)c2)c(-n2nccn2)n1. The van der Waals surface area contributed by atoms with E-state index >= 15 is 0 Å². The van der Waals surface area contributed by atoms with Gasteiger partial charge in [-0.15, -0.1) is 4.80 Å². The van der Waals surface area contributed by atoms with Crippen LogP contribution in [0.3, 0.4) is 0 Å². The van der Waals surface area contributed by atoms with Gasteiger partial charge in [-0.1, -0.05) is 0 Å². The molecule has 0 bridgehead atoms. The molecule has 0 fully saturated rings. The van der Waals surface area contributed by atoms with Crippen molar-refractivity contribution in [2.24, 2.45) is 0 Å². The average molecular weight is 444 g/mol. The number of halogens is 6. The molecule has 0 aliphatic carbocycles. The molecule has 1 atom stereocenters. The molecule has 0 aliphatic heterocycles. The van der Waals surface area contributed by atoms with Crippen molar-refractivity contribution in [2.75, 3.05) is 0 Å². The molecule has 31 heavy (non-hydrogen) atoms. The van der Waals surface area contributed by atoms with Gasteiger partial charge in [-0.25, -0.2) is 4.98 Å². The monoisotopic (exact) mass is 444 g/mol. The molecular weight excluding hydrogens is 430 g/mol. The van der Waals surface area contributed by atoms with Gasteiger partial charge in [-0.2, -0.15) is 36.5 Å². The van der Waals surface area contributed by atoms with E-state index in [1.807, 2.05) is 0 Å². The van der Waals surface area contributed by atoms with Gasteiger partial charge < -0.3 is 5.32 Å². The largest absolute Gasteiger partial charge is 0.416 e. The van der Waals surface area contributed by atoms with E-state index in [-0.39, 0.29) is 17.6 Å². The third-order valence-corrected chi connectivity index (χ3v) is 4.12. The number of hydrogen-bond acceptors (Lipinski definition) is 5. The fraction of sp³-hybridized carbons (Fsp3) is 0.278. The van der Waals surface area contributed by atoms with E-state index in [0.29, 0.717) is 17.8 Å². The van der Waals surface area contributed by atoms with Gasteiger partial charge in [0.05, 0.1) is 35.3 Å². The number of hydrogen-bond donors (Lipinski definition) is 1. The topological polar surface area (TPSA) is 85.6 Å². The molecule has 3 aromatic rings. The molecule has 1 N–H and O–H groups in total. The standard InChI is InChI=1S/C18H14F6N6O/c1-9-8-25-14(15(28-9)30-26-3-4-27-30)10(2)29-16(31)11-5-12(17(19,20)21)7-13(6-11)18(22,23)24/h3-8,10H,1-2H3,(H,29,31). The maximum atomic E-state index is 13.0. The Labute approximate surface area is 171 Å². The van der Waals surface area contributed by atoms with E-state index in [2.05, 4.69) is 25.5 Å².